The van der Waals surface area contributed by atoms with Gasteiger partial charge in [-0.25, -0.2) is 9.97 Å². The molecule has 0 atom stereocenters. The van der Waals surface area contributed by atoms with Crippen molar-refractivity contribution in [3.63, 3.8) is 0 Å². The van der Waals surface area contributed by atoms with E-state index in [1.165, 1.54) is 5.39 Å². The molecule has 0 saturated carbocycles. The summed E-state index contributed by atoms with van der Waals surface area (Å²) in [5.74, 6) is 0.681. The van der Waals surface area contributed by atoms with Crippen molar-refractivity contribution in [2.24, 2.45) is 0 Å². The minimum Gasteiger partial charge on any atom is -0.456 e. The lowest BCUT2D eigenvalue weighted by atomic mass is 9.99. The van der Waals surface area contributed by atoms with Crippen LogP contribution in [0.5, 0.6) is 0 Å². The normalized spacial score (nSPS) is 11.4. The second kappa shape index (κ2) is 9.54. The fraction of sp³-hybridized carbons (Fsp3) is 0. The maximum absolute atomic E-state index is 6.09. The summed E-state index contributed by atoms with van der Waals surface area (Å²) in [6.07, 6.45) is 3.66. The Morgan fingerprint density at radius 1 is 0.463 bits per heavy atom. The Morgan fingerprint density at radius 3 is 2.07 bits per heavy atom. The second-order valence-electron chi connectivity index (χ2n) is 10.1. The topological polar surface area (TPSA) is 51.8 Å². The van der Waals surface area contributed by atoms with Gasteiger partial charge in [0.15, 0.2) is 5.82 Å². The molecule has 0 aliphatic carbocycles. The van der Waals surface area contributed by atoms with Crippen molar-refractivity contribution >= 4 is 32.7 Å². The van der Waals surface area contributed by atoms with E-state index >= 15 is 0 Å². The average molecular weight is 526 g/mol. The van der Waals surface area contributed by atoms with E-state index in [1.54, 1.807) is 6.20 Å². The number of rotatable bonds is 4. The van der Waals surface area contributed by atoms with Crippen LogP contribution in [-0.2, 0) is 0 Å². The third-order valence-corrected chi connectivity index (χ3v) is 7.60. The van der Waals surface area contributed by atoms with Crippen LogP contribution in [0.1, 0.15) is 0 Å². The molecule has 3 heterocycles. The van der Waals surface area contributed by atoms with Crippen LogP contribution in [0.25, 0.3) is 77.7 Å². The summed E-state index contributed by atoms with van der Waals surface area (Å²) < 4.78 is 6.09. The Morgan fingerprint density at radius 2 is 1.20 bits per heavy atom. The molecule has 0 saturated heterocycles. The lowest BCUT2D eigenvalue weighted by Crippen LogP contribution is -1.96. The number of furan rings is 1. The summed E-state index contributed by atoms with van der Waals surface area (Å²) in [7, 11) is 0. The van der Waals surface area contributed by atoms with Gasteiger partial charge in [-0.15, -0.1) is 0 Å². The fourth-order valence-corrected chi connectivity index (χ4v) is 5.54. The molecule has 8 aromatic rings. The smallest absolute Gasteiger partial charge is 0.160 e. The summed E-state index contributed by atoms with van der Waals surface area (Å²) in [5.41, 5.74) is 8.72. The van der Waals surface area contributed by atoms with Crippen molar-refractivity contribution in [1.82, 2.24) is 15.0 Å². The Bertz CT molecular complexity index is 2190. The Balaban J connectivity index is 1.32. The van der Waals surface area contributed by atoms with E-state index in [0.29, 0.717) is 5.82 Å². The monoisotopic (exact) mass is 525 g/mol. The predicted octanol–water partition coefficient (Wildman–Crippen LogP) is 9.59. The molecule has 41 heavy (non-hydrogen) atoms. The van der Waals surface area contributed by atoms with Crippen LogP contribution in [0.4, 0.5) is 0 Å². The summed E-state index contributed by atoms with van der Waals surface area (Å²) in [6.45, 7) is 0. The number of hydrogen-bond acceptors (Lipinski definition) is 4. The zero-order valence-electron chi connectivity index (χ0n) is 22.0. The number of fused-ring (bicyclic) bond motifs is 4. The van der Waals surface area contributed by atoms with Crippen molar-refractivity contribution in [1.29, 1.82) is 0 Å². The van der Waals surface area contributed by atoms with Gasteiger partial charge in [-0.1, -0.05) is 91.0 Å². The van der Waals surface area contributed by atoms with Crippen molar-refractivity contribution in [3.05, 3.63) is 140 Å². The molecule has 0 amide bonds. The summed E-state index contributed by atoms with van der Waals surface area (Å²) in [5, 5.41) is 4.51. The molecule has 0 aliphatic rings. The van der Waals surface area contributed by atoms with E-state index in [1.807, 2.05) is 36.5 Å². The van der Waals surface area contributed by atoms with Crippen molar-refractivity contribution in [2.45, 2.75) is 0 Å². The quantitative estimate of drug-likeness (QED) is 0.230. The van der Waals surface area contributed by atoms with Gasteiger partial charge in [0.1, 0.15) is 11.2 Å². The Hall–Kier alpha value is -5.61. The molecule has 8 rings (SSSR count). The lowest BCUT2D eigenvalue weighted by molar-refractivity contribution is 0.669. The molecule has 0 N–H and O–H groups in total. The molecular weight excluding hydrogens is 502 g/mol. The van der Waals surface area contributed by atoms with E-state index in [2.05, 4.69) is 102 Å². The van der Waals surface area contributed by atoms with E-state index < -0.39 is 0 Å². The molecule has 0 unspecified atom stereocenters. The molecule has 0 spiro atoms. The van der Waals surface area contributed by atoms with Crippen molar-refractivity contribution in [3.8, 4) is 45.0 Å². The van der Waals surface area contributed by atoms with Gasteiger partial charge in [0, 0.05) is 39.9 Å². The van der Waals surface area contributed by atoms with Gasteiger partial charge in [-0.3, -0.25) is 4.98 Å². The van der Waals surface area contributed by atoms with E-state index in [0.717, 1.165) is 66.5 Å². The van der Waals surface area contributed by atoms with E-state index in [9.17, 15) is 0 Å². The molecule has 3 aromatic heterocycles. The van der Waals surface area contributed by atoms with Crippen LogP contribution >= 0.6 is 0 Å². The van der Waals surface area contributed by atoms with Crippen LogP contribution in [0.3, 0.4) is 0 Å². The van der Waals surface area contributed by atoms with Gasteiger partial charge in [-0.2, -0.15) is 0 Å². The molecule has 0 bridgehead atoms. The number of para-hydroxylation sites is 1. The van der Waals surface area contributed by atoms with Crippen LogP contribution in [0.15, 0.2) is 144 Å². The first kappa shape index (κ1) is 23.3. The SMILES string of the molecule is c1cncc(-c2ccc(-c3nc(-c4ccc5oc6ccccc6c5c4)cc(-c4cccc5ccccc45)n3)cc2)c1. The molecule has 0 aliphatic heterocycles. The van der Waals surface area contributed by atoms with Gasteiger partial charge < -0.3 is 4.42 Å². The van der Waals surface area contributed by atoms with Crippen LogP contribution in [-0.4, -0.2) is 15.0 Å². The van der Waals surface area contributed by atoms with Gasteiger partial charge in [0.05, 0.1) is 11.4 Å². The van der Waals surface area contributed by atoms with Crippen LogP contribution in [0.2, 0.25) is 0 Å². The summed E-state index contributed by atoms with van der Waals surface area (Å²) in [4.78, 5) is 14.5. The fourth-order valence-electron chi connectivity index (χ4n) is 5.54. The standard InChI is InChI=1S/C37H23N3O/c1-2-10-29-25(7-1)8-5-12-30(29)34-22-33(27-18-19-36-32(21-27)31-11-3-4-13-35(31)41-36)39-37(40-34)26-16-14-24(15-17-26)28-9-6-20-38-23-28/h1-23H. The number of benzene rings is 5. The first-order chi connectivity index (χ1) is 20.3. The highest BCUT2D eigenvalue weighted by atomic mass is 16.3. The van der Waals surface area contributed by atoms with Gasteiger partial charge >= 0.3 is 0 Å². The van der Waals surface area contributed by atoms with Gasteiger partial charge in [-0.05, 0) is 58.3 Å². The van der Waals surface area contributed by atoms with Gasteiger partial charge in [0.2, 0.25) is 0 Å². The van der Waals surface area contributed by atoms with Crippen molar-refractivity contribution < 1.29 is 4.42 Å². The first-order valence-electron chi connectivity index (χ1n) is 13.6. The van der Waals surface area contributed by atoms with Crippen LogP contribution in [0, 0.1) is 0 Å². The number of nitrogens with zero attached hydrogens (tertiary/aromatic N) is 3. The second-order valence-corrected chi connectivity index (χ2v) is 10.1. The predicted molar refractivity (Wildman–Crippen MR) is 166 cm³/mol. The number of hydrogen-bond donors (Lipinski definition) is 0. The molecule has 4 heteroatoms. The summed E-state index contributed by atoms with van der Waals surface area (Å²) in [6, 6.07) is 43.7. The Labute approximate surface area is 236 Å². The molecule has 4 nitrogen and oxygen atoms in total. The molecule has 0 fully saturated rings. The van der Waals surface area contributed by atoms with E-state index in [4.69, 9.17) is 14.4 Å². The van der Waals surface area contributed by atoms with E-state index in [-0.39, 0.29) is 0 Å². The molecule has 192 valence electrons. The van der Waals surface area contributed by atoms with Gasteiger partial charge in [0.25, 0.3) is 0 Å². The van der Waals surface area contributed by atoms with Crippen LogP contribution < -0.4 is 0 Å². The van der Waals surface area contributed by atoms with Crippen molar-refractivity contribution in [2.75, 3.05) is 0 Å². The average Bonchev–Trinajstić information content (AvgIpc) is 3.43. The molecule has 0 radical (unpaired) electrons. The third kappa shape index (κ3) is 4.14. The summed E-state index contributed by atoms with van der Waals surface area (Å²) >= 11 is 0. The first-order valence-corrected chi connectivity index (χ1v) is 13.6. The molecular formula is C37H23N3O. The molecule has 5 aromatic carbocycles. The highest BCUT2D eigenvalue weighted by Crippen LogP contribution is 2.35. The maximum atomic E-state index is 6.09. The zero-order valence-corrected chi connectivity index (χ0v) is 22.0. The maximum Gasteiger partial charge on any atom is 0.160 e. The number of aromatic nitrogens is 3. The lowest BCUT2D eigenvalue weighted by Gasteiger charge is -2.12. The highest BCUT2D eigenvalue weighted by molar-refractivity contribution is 6.06. The highest BCUT2D eigenvalue weighted by Gasteiger charge is 2.15. The zero-order chi connectivity index (χ0) is 27.2. The Kier molecular flexibility index (Phi) is 5.42. The largest absolute Gasteiger partial charge is 0.456 e. The third-order valence-electron chi connectivity index (χ3n) is 7.60. The minimum absolute atomic E-state index is 0.681. The minimum atomic E-state index is 0.681. The number of pyridine rings is 1.